The normalized spacial score (nSPS) is 16.9. The smallest absolute Gasteiger partial charge is 0.326 e. The molecule has 69 heavy (non-hydrogen) atoms. The second-order valence-corrected chi connectivity index (χ2v) is 18.3. The fourth-order valence-electron chi connectivity index (χ4n) is 7.14. The maximum atomic E-state index is 14.1. The van der Waals surface area contributed by atoms with Crippen molar-refractivity contribution in [3.8, 4) is 0 Å². The van der Waals surface area contributed by atoms with Gasteiger partial charge in [-0.1, -0.05) is 61.8 Å². The van der Waals surface area contributed by atoms with Crippen molar-refractivity contribution in [1.29, 1.82) is 0 Å². The number of carboxylic acid groups (broad SMARTS) is 4. The number of hydrogen-bond donors (Lipinski definition) is 12. The van der Waals surface area contributed by atoms with Gasteiger partial charge in [0.1, 0.15) is 42.3 Å². The summed E-state index contributed by atoms with van der Waals surface area (Å²) in [6.45, 7) is 12.7. The number of nitrogens with two attached hydrogens (primary N) is 1. The van der Waals surface area contributed by atoms with Crippen LogP contribution < -0.4 is 43.0 Å². The Kier molecular flexibility index (Phi) is 25.9. The highest BCUT2D eigenvalue weighted by atomic mass is 16.4. The van der Waals surface area contributed by atoms with Gasteiger partial charge in [0, 0.05) is 25.8 Å². The van der Waals surface area contributed by atoms with Crippen molar-refractivity contribution >= 4 is 71.1 Å². The van der Waals surface area contributed by atoms with E-state index in [1.807, 2.05) is 0 Å². The molecule has 0 radical (unpaired) electrons. The van der Waals surface area contributed by atoms with Crippen LogP contribution >= 0.6 is 0 Å². The van der Waals surface area contributed by atoms with Crippen molar-refractivity contribution in [3.05, 3.63) is 0 Å². The largest absolute Gasteiger partial charge is 0.481 e. The highest BCUT2D eigenvalue weighted by Gasteiger charge is 2.40. The van der Waals surface area contributed by atoms with Crippen LogP contribution in [0.1, 0.15) is 120 Å². The highest BCUT2D eigenvalue weighted by Crippen LogP contribution is 2.21. The molecule has 390 valence electrons. The minimum Gasteiger partial charge on any atom is -0.481 e. The first-order chi connectivity index (χ1) is 32.1. The van der Waals surface area contributed by atoms with Gasteiger partial charge in [-0.15, -0.1) is 0 Å². The van der Waals surface area contributed by atoms with E-state index in [-0.39, 0.29) is 31.2 Å². The molecule has 25 nitrogen and oxygen atoms in total. The molecular weight excluding hydrogens is 911 g/mol. The summed E-state index contributed by atoms with van der Waals surface area (Å²) in [6, 6.07) is -10.8. The van der Waals surface area contributed by atoms with Gasteiger partial charge in [-0.05, 0) is 62.2 Å². The molecule has 0 aliphatic carbocycles. The molecule has 1 heterocycles. The molecule has 1 aliphatic heterocycles. The van der Waals surface area contributed by atoms with E-state index in [1.54, 1.807) is 55.4 Å². The SMILES string of the molecule is CC[C@H](C)[C@H](NC(=O)[C@@H](N)C(C)C)C(=O)N[C@@H](CCC(=O)O)C(=O)N[C@@H](CCC(=O)O)C(=O)N[C@H](C(=O)N1CCC[C@H]1C(=O)NCC(=O)N[C@@H](CCC(=O)O)C(=O)N[C@@H](CC(C)C)C(=O)O)C(C)C. The molecule has 1 saturated heterocycles. The van der Waals surface area contributed by atoms with E-state index in [9.17, 15) is 78.0 Å². The molecule has 0 aromatic rings. The highest BCUT2D eigenvalue weighted by molar-refractivity contribution is 5.98. The van der Waals surface area contributed by atoms with Crippen molar-refractivity contribution < 1.29 is 78.0 Å². The van der Waals surface area contributed by atoms with Crippen LogP contribution in [0.3, 0.4) is 0 Å². The van der Waals surface area contributed by atoms with E-state index in [0.29, 0.717) is 12.8 Å². The molecule has 0 bridgehead atoms. The molecule has 0 unspecified atom stereocenters. The number of likely N-dealkylation sites (tertiary alicyclic amines) is 1. The Labute approximate surface area is 400 Å². The molecule has 1 fully saturated rings. The van der Waals surface area contributed by atoms with Gasteiger partial charge in [0.05, 0.1) is 12.6 Å². The quantitative estimate of drug-likeness (QED) is 0.0373. The van der Waals surface area contributed by atoms with E-state index in [1.165, 1.54) is 4.90 Å². The van der Waals surface area contributed by atoms with Gasteiger partial charge >= 0.3 is 23.9 Å². The monoisotopic (exact) mass is 984 g/mol. The molecule has 13 N–H and O–H groups in total. The summed E-state index contributed by atoms with van der Waals surface area (Å²) in [6.07, 6.45) is -2.35. The zero-order chi connectivity index (χ0) is 52.9. The number of rotatable bonds is 31. The van der Waals surface area contributed by atoms with E-state index in [4.69, 9.17) is 5.73 Å². The van der Waals surface area contributed by atoms with Crippen molar-refractivity contribution in [2.24, 2.45) is 29.4 Å². The second-order valence-electron chi connectivity index (χ2n) is 18.3. The lowest BCUT2D eigenvalue weighted by Crippen LogP contribution is -2.61. The molecule has 0 aromatic heterocycles. The number of nitrogens with zero attached hydrogens (tertiary/aromatic N) is 1. The summed E-state index contributed by atoms with van der Waals surface area (Å²) in [5, 5.41) is 54.6. The summed E-state index contributed by atoms with van der Waals surface area (Å²) in [5.41, 5.74) is 5.98. The first-order valence-electron chi connectivity index (χ1n) is 23.1. The van der Waals surface area contributed by atoms with Crippen LogP contribution in [0.2, 0.25) is 0 Å². The molecule has 1 aliphatic rings. The van der Waals surface area contributed by atoms with E-state index in [0.717, 1.165) is 0 Å². The standard InChI is InChI=1S/C44H73N9O16/c1-9-24(8)36(52-41(65)34(45)22(4)5)42(66)49-26(13-16-32(57)58)38(62)48-27(14-17-33(59)60)39(63)51-35(23(6)7)43(67)53-18-10-11-29(53)40(64)46-20-30(54)47-25(12-15-31(55)56)37(61)50-28(44(68)69)19-21(2)3/h21-29,34-36H,9-20,45H2,1-8H3,(H,46,64)(H,47,54)(H,48,62)(H,49,66)(H,50,61)(H,51,63)(H,52,65)(H,55,56)(H,57,58)(H,59,60)(H,68,69)/t24-,25-,26-,27-,28-,29-,34-,35-,36-/m0/s1. The summed E-state index contributed by atoms with van der Waals surface area (Å²) in [7, 11) is 0. The van der Waals surface area contributed by atoms with Gasteiger partial charge in [0.2, 0.25) is 47.3 Å². The number of hydrogen-bond acceptors (Lipinski definition) is 13. The molecule has 1 rings (SSSR count). The summed E-state index contributed by atoms with van der Waals surface area (Å²) >= 11 is 0. The lowest BCUT2D eigenvalue weighted by Gasteiger charge is -2.32. The Morgan fingerprint density at radius 2 is 1.03 bits per heavy atom. The Morgan fingerprint density at radius 3 is 1.46 bits per heavy atom. The van der Waals surface area contributed by atoms with E-state index in [2.05, 4.69) is 37.2 Å². The zero-order valence-electron chi connectivity index (χ0n) is 40.6. The zero-order valence-corrected chi connectivity index (χ0v) is 40.6. The third-order valence-electron chi connectivity index (χ3n) is 11.5. The second kappa shape index (κ2) is 29.5. The van der Waals surface area contributed by atoms with Crippen molar-refractivity contribution in [1.82, 2.24) is 42.1 Å². The van der Waals surface area contributed by atoms with Gasteiger partial charge in [0.25, 0.3) is 0 Å². The molecule has 25 heteroatoms. The maximum Gasteiger partial charge on any atom is 0.326 e. The summed E-state index contributed by atoms with van der Waals surface area (Å²) in [5.74, 6) is -13.9. The van der Waals surface area contributed by atoms with Crippen molar-refractivity contribution in [2.75, 3.05) is 13.1 Å². The van der Waals surface area contributed by atoms with E-state index >= 15 is 0 Å². The van der Waals surface area contributed by atoms with E-state index < -0.39 is 176 Å². The first kappa shape index (κ1) is 60.6. The van der Waals surface area contributed by atoms with Crippen LogP contribution in [-0.4, -0.2) is 158 Å². The minimum atomic E-state index is -1.65. The average molecular weight is 984 g/mol. The topological polar surface area (TPSA) is 399 Å². The molecule has 9 atom stereocenters. The summed E-state index contributed by atoms with van der Waals surface area (Å²) < 4.78 is 0. The number of carbonyl (C=O) groups is 12. The molecule has 0 spiro atoms. The summed E-state index contributed by atoms with van der Waals surface area (Å²) in [4.78, 5) is 155. The van der Waals surface area contributed by atoms with Crippen LogP contribution in [0.5, 0.6) is 0 Å². The van der Waals surface area contributed by atoms with Gasteiger partial charge < -0.3 is 68.3 Å². The third-order valence-corrected chi connectivity index (χ3v) is 11.5. The van der Waals surface area contributed by atoms with Gasteiger partial charge in [-0.3, -0.25) is 52.7 Å². The van der Waals surface area contributed by atoms with Crippen LogP contribution in [0.4, 0.5) is 0 Å². The van der Waals surface area contributed by atoms with Gasteiger partial charge in [0.15, 0.2) is 0 Å². The predicted octanol–water partition coefficient (Wildman–Crippen LogP) is -1.59. The maximum absolute atomic E-state index is 14.1. The Morgan fingerprint density at radius 1 is 0.580 bits per heavy atom. The fourth-order valence-corrected chi connectivity index (χ4v) is 7.14. The Bertz CT molecular complexity index is 1860. The predicted molar refractivity (Wildman–Crippen MR) is 244 cm³/mol. The number of carbonyl (C=O) groups excluding carboxylic acids is 8. The first-order valence-corrected chi connectivity index (χ1v) is 23.1. The molecule has 0 saturated carbocycles. The number of aliphatic carboxylic acids is 4. The van der Waals surface area contributed by atoms with Gasteiger partial charge in [-0.2, -0.15) is 0 Å². The number of carboxylic acids is 4. The molecule has 8 amide bonds. The lowest BCUT2D eigenvalue weighted by molar-refractivity contribution is -0.143. The fraction of sp³-hybridized carbons (Fsp3) is 0.727. The third kappa shape index (κ3) is 21.2. The Balaban J connectivity index is 3.28. The van der Waals surface area contributed by atoms with Crippen molar-refractivity contribution in [2.45, 2.75) is 168 Å². The lowest BCUT2D eigenvalue weighted by atomic mass is 9.96. The van der Waals surface area contributed by atoms with Crippen LogP contribution in [-0.2, 0) is 57.5 Å². The number of nitrogens with one attached hydrogen (secondary N) is 7. The molecular formula is C44H73N9O16. The Hall–Kier alpha value is -6.40. The minimum absolute atomic E-state index is 0.0341. The average Bonchev–Trinajstić information content (AvgIpc) is 3.76. The molecule has 0 aromatic carbocycles. The van der Waals surface area contributed by atoms with Crippen molar-refractivity contribution in [3.63, 3.8) is 0 Å². The van der Waals surface area contributed by atoms with Crippen LogP contribution in [0.25, 0.3) is 0 Å². The van der Waals surface area contributed by atoms with Crippen LogP contribution in [0, 0.1) is 23.7 Å². The number of amides is 8. The van der Waals surface area contributed by atoms with Crippen LogP contribution in [0.15, 0.2) is 0 Å². The van der Waals surface area contributed by atoms with Gasteiger partial charge in [-0.25, -0.2) is 4.79 Å².